The minimum absolute atomic E-state index is 0.219. The lowest BCUT2D eigenvalue weighted by Gasteiger charge is -2.16. The summed E-state index contributed by atoms with van der Waals surface area (Å²) in [6.45, 7) is 5.49. The van der Waals surface area contributed by atoms with E-state index in [1.807, 2.05) is 49.1 Å². The van der Waals surface area contributed by atoms with Gasteiger partial charge in [0.25, 0.3) is 0 Å². The molecule has 1 aliphatic rings. The third kappa shape index (κ3) is 3.08. The van der Waals surface area contributed by atoms with Gasteiger partial charge in [0.1, 0.15) is 5.82 Å². The number of carbonyl (C=O) groups excluding carboxylic acids is 1. The van der Waals surface area contributed by atoms with E-state index in [9.17, 15) is 4.79 Å². The number of rotatable bonds is 4. The van der Waals surface area contributed by atoms with Crippen molar-refractivity contribution in [1.82, 2.24) is 10.2 Å². The van der Waals surface area contributed by atoms with Crippen LogP contribution in [0.3, 0.4) is 0 Å². The molecule has 3 rings (SSSR count). The molecule has 0 radical (unpaired) electrons. The molecule has 5 heteroatoms. The van der Waals surface area contributed by atoms with Gasteiger partial charge in [-0.15, -0.1) is 5.10 Å². The van der Waals surface area contributed by atoms with Crippen molar-refractivity contribution in [3.8, 4) is 0 Å². The first kappa shape index (κ1) is 14.5. The SMILES string of the molecule is Cc1cc(NCc2ccc(N3CCCC3=O)cc2)nnc1C. The molecule has 2 aromatic rings. The standard InChI is InChI=1S/C17H20N4O/c1-12-10-16(20-19-13(12)2)18-11-14-5-7-15(8-6-14)21-9-3-4-17(21)22/h5-8,10H,3-4,9,11H2,1-2H3,(H,18,20). The second kappa shape index (κ2) is 6.13. The first-order chi connectivity index (χ1) is 10.6. The minimum atomic E-state index is 0.219. The molecule has 0 aliphatic carbocycles. The van der Waals surface area contributed by atoms with Gasteiger partial charge >= 0.3 is 0 Å². The Morgan fingerprint density at radius 1 is 1.18 bits per heavy atom. The number of carbonyl (C=O) groups is 1. The van der Waals surface area contributed by atoms with Crippen molar-refractivity contribution in [2.45, 2.75) is 33.2 Å². The van der Waals surface area contributed by atoms with Crippen LogP contribution in [-0.2, 0) is 11.3 Å². The molecule has 0 saturated carbocycles. The Hall–Kier alpha value is -2.43. The summed E-state index contributed by atoms with van der Waals surface area (Å²) in [5.74, 6) is 0.998. The van der Waals surface area contributed by atoms with Gasteiger partial charge in [0.2, 0.25) is 5.91 Å². The molecule has 1 fully saturated rings. The van der Waals surface area contributed by atoms with Gasteiger partial charge in [-0.1, -0.05) is 12.1 Å². The van der Waals surface area contributed by atoms with Crippen LogP contribution in [0.25, 0.3) is 0 Å². The summed E-state index contributed by atoms with van der Waals surface area (Å²) < 4.78 is 0. The van der Waals surface area contributed by atoms with Crippen LogP contribution in [0, 0.1) is 13.8 Å². The summed E-state index contributed by atoms with van der Waals surface area (Å²) in [6.07, 6.45) is 1.61. The lowest BCUT2D eigenvalue weighted by molar-refractivity contribution is -0.117. The second-order valence-corrected chi connectivity index (χ2v) is 5.67. The van der Waals surface area contributed by atoms with E-state index in [1.165, 1.54) is 0 Å². The molecular weight excluding hydrogens is 276 g/mol. The molecule has 0 bridgehead atoms. The second-order valence-electron chi connectivity index (χ2n) is 5.67. The number of amides is 1. The van der Waals surface area contributed by atoms with Crippen molar-refractivity contribution >= 4 is 17.4 Å². The Balaban J connectivity index is 1.63. The van der Waals surface area contributed by atoms with Crippen molar-refractivity contribution in [1.29, 1.82) is 0 Å². The van der Waals surface area contributed by atoms with E-state index in [-0.39, 0.29) is 5.91 Å². The third-order valence-electron chi connectivity index (χ3n) is 4.03. The Morgan fingerprint density at radius 2 is 1.95 bits per heavy atom. The fourth-order valence-corrected chi connectivity index (χ4v) is 2.54. The average Bonchev–Trinajstić information content (AvgIpc) is 2.95. The van der Waals surface area contributed by atoms with E-state index in [0.29, 0.717) is 13.0 Å². The normalized spacial score (nSPS) is 14.5. The molecule has 1 N–H and O–H groups in total. The molecule has 2 heterocycles. The van der Waals surface area contributed by atoms with Crippen LogP contribution in [0.5, 0.6) is 0 Å². The van der Waals surface area contributed by atoms with Gasteiger partial charge in [0.15, 0.2) is 0 Å². The summed E-state index contributed by atoms with van der Waals surface area (Å²) in [7, 11) is 0. The molecule has 1 amide bonds. The number of hydrogen-bond acceptors (Lipinski definition) is 4. The number of nitrogens with one attached hydrogen (secondary N) is 1. The number of benzene rings is 1. The van der Waals surface area contributed by atoms with E-state index in [1.54, 1.807) is 0 Å². The summed E-state index contributed by atoms with van der Waals surface area (Å²) in [6, 6.07) is 10.1. The predicted molar refractivity (Wildman–Crippen MR) is 86.9 cm³/mol. The highest BCUT2D eigenvalue weighted by atomic mass is 16.2. The van der Waals surface area contributed by atoms with Crippen molar-refractivity contribution in [3.05, 3.63) is 47.2 Å². The lowest BCUT2D eigenvalue weighted by Crippen LogP contribution is -2.23. The van der Waals surface area contributed by atoms with Crippen molar-refractivity contribution in [2.75, 3.05) is 16.8 Å². The van der Waals surface area contributed by atoms with E-state index in [0.717, 1.165) is 41.3 Å². The van der Waals surface area contributed by atoms with E-state index < -0.39 is 0 Å². The molecule has 1 aromatic carbocycles. The Morgan fingerprint density at radius 3 is 2.59 bits per heavy atom. The fourth-order valence-electron chi connectivity index (χ4n) is 2.54. The molecule has 0 spiro atoms. The smallest absolute Gasteiger partial charge is 0.227 e. The van der Waals surface area contributed by atoms with Gasteiger partial charge in [-0.3, -0.25) is 4.79 Å². The zero-order valence-electron chi connectivity index (χ0n) is 13.0. The first-order valence-electron chi connectivity index (χ1n) is 7.57. The molecule has 0 unspecified atom stereocenters. The van der Waals surface area contributed by atoms with Crippen LogP contribution in [0.15, 0.2) is 30.3 Å². The molecule has 1 saturated heterocycles. The van der Waals surface area contributed by atoms with Crippen molar-refractivity contribution in [2.24, 2.45) is 0 Å². The number of aryl methyl sites for hydroxylation is 2. The Bertz CT molecular complexity index is 682. The summed E-state index contributed by atoms with van der Waals surface area (Å²) in [5, 5.41) is 11.5. The number of anilines is 2. The highest BCUT2D eigenvalue weighted by Crippen LogP contribution is 2.21. The third-order valence-corrected chi connectivity index (χ3v) is 4.03. The molecular formula is C17H20N4O. The van der Waals surface area contributed by atoms with E-state index >= 15 is 0 Å². The molecule has 1 aliphatic heterocycles. The van der Waals surface area contributed by atoms with Gasteiger partial charge < -0.3 is 10.2 Å². The highest BCUT2D eigenvalue weighted by molar-refractivity contribution is 5.95. The van der Waals surface area contributed by atoms with Crippen LogP contribution in [0.1, 0.15) is 29.7 Å². The van der Waals surface area contributed by atoms with Gasteiger partial charge in [-0.05, 0) is 49.6 Å². The van der Waals surface area contributed by atoms with Crippen LogP contribution in [-0.4, -0.2) is 22.6 Å². The largest absolute Gasteiger partial charge is 0.364 e. The Kier molecular flexibility index (Phi) is 4.04. The molecule has 22 heavy (non-hydrogen) atoms. The average molecular weight is 296 g/mol. The number of nitrogens with zero attached hydrogens (tertiary/aromatic N) is 3. The topological polar surface area (TPSA) is 58.1 Å². The van der Waals surface area contributed by atoms with E-state index in [4.69, 9.17) is 0 Å². The maximum Gasteiger partial charge on any atom is 0.227 e. The lowest BCUT2D eigenvalue weighted by atomic mass is 10.2. The summed E-state index contributed by atoms with van der Waals surface area (Å²) in [5.41, 5.74) is 4.21. The first-order valence-corrected chi connectivity index (χ1v) is 7.57. The minimum Gasteiger partial charge on any atom is -0.364 e. The van der Waals surface area contributed by atoms with Crippen molar-refractivity contribution < 1.29 is 4.79 Å². The van der Waals surface area contributed by atoms with Gasteiger partial charge in [0, 0.05) is 25.2 Å². The van der Waals surface area contributed by atoms with Crippen LogP contribution in [0.2, 0.25) is 0 Å². The highest BCUT2D eigenvalue weighted by Gasteiger charge is 2.21. The molecule has 114 valence electrons. The number of hydrogen-bond donors (Lipinski definition) is 1. The van der Waals surface area contributed by atoms with Gasteiger partial charge in [-0.2, -0.15) is 5.10 Å². The zero-order chi connectivity index (χ0) is 15.5. The van der Waals surface area contributed by atoms with Crippen LogP contribution < -0.4 is 10.2 Å². The molecule has 5 nitrogen and oxygen atoms in total. The maximum absolute atomic E-state index is 11.7. The van der Waals surface area contributed by atoms with Gasteiger partial charge in [0.05, 0.1) is 5.69 Å². The maximum atomic E-state index is 11.7. The monoisotopic (exact) mass is 296 g/mol. The van der Waals surface area contributed by atoms with Crippen molar-refractivity contribution in [3.63, 3.8) is 0 Å². The van der Waals surface area contributed by atoms with Gasteiger partial charge in [-0.25, -0.2) is 0 Å². The molecule has 1 aromatic heterocycles. The fraction of sp³-hybridized carbons (Fsp3) is 0.353. The summed E-state index contributed by atoms with van der Waals surface area (Å²) in [4.78, 5) is 13.6. The predicted octanol–water partition coefficient (Wildman–Crippen LogP) is 2.83. The summed E-state index contributed by atoms with van der Waals surface area (Å²) >= 11 is 0. The Labute approximate surface area is 130 Å². The quantitative estimate of drug-likeness (QED) is 0.942. The number of aromatic nitrogens is 2. The zero-order valence-corrected chi connectivity index (χ0v) is 13.0. The van der Waals surface area contributed by atoms with Crippen LogP contribution in [0.4, 0.5) is 11.5 Å². The van der Waals surface area contributed by atoms with E-state index in [2.05, 4.69) is 15.5 Å². The van der Waals surface area contributed by atoms with Crippen LogP contribution >= 0.6 is 0 Å². The molecule has 0 atom stereocenters.